The number of carboxylic acids is 1. The van der Waals surface area contributed by atoms with E-state index in [0.717, 1.165) is 0 Å². The Morgan fingerprint density at radius 1 is 1.44 bits per heavy atom. The number of hydrogen-bond donors (Lipinski definition) is 2. The highest BCUT2D eigenvalue weighted by molar-refractivity contribution is 5.75. The number of aliphatic hydroxyl groups excluding tert-OH is 1. The second-order valence-corrected chi connectivity index (χ2v) is 3.10. The summed E-state index contributed by atoms with van der Waals surface area (Å²) in [5, 5.41) is 26.2. The number of nitrogens with zero attached hydrogens (tertiary/aromatic N) is 1. The minimum atomic E-state index is -3.30. The van der Waals surface area contributed by atoms with Crippen molar-refractivity contribution in [2.24, 2.45) is 0 Å². The number of aliphatic hydroxyl groups is 1. The van der Waals surface area contributed by atoms with Crippen LogP contribution in [0.1, 0.15) is 17.2 Å². The smallest absolute Gasteiger partial charge is 0.387 e. The molecule has 0 aliphatic carbocycles. The molecule has 96 valence electrons. The molecule has 1 aromatic rings. The topological polar surface area (TPSA) is 90.5 Å². The van der Waals surface area contributed by atoms with E-state index in [-0.39, 0.29) is 0 Å². The van der Waals surface area contributed by atoms with Gasteiger partial charge in [0.2, 0.25) is 0 Å². The third-order valence-electron chi connectivity index (χ3n) is 1.96. The summed E-state index contributed by atoms with van der Waals surface area (Å²) in [4.78, 5) is 10.5. The van der Waals surface area contributed by atoms with Crippen molar-refractivity contribution in [3.63, 3.8) is 0 Å². The van der Waals surface area contributed by atoms with E-state index < -0.39 is 41.4 Å². The van der Waals surface area contributed by atoms with E-state index in [0.29, 0.717) is 12.1 Å². The van der Waals surface area contributed by atoms with Crippen molar-refractivity contribution in [2.75, 3.05) is 0 Å². The second kappa shape index (κ2) is 5.37. The zero-order valence-electron chi connectivity index (χ0n) is 8.60. The average molecular weight is 261 g/mol. The number of carbonyl (C=O) groups is 1. The van der Waals surface area contributed by atoms with Crippen molar-refractivity contribution in [1.29, 1.82) is 5.26 Å². The molecular weight excluding hydrogens is 255 g/mol. The number of benzene rings is 1. The van der Waals surface area contributed by atoms with Gasteiger partial charge >= 0.3 is 12.6 Å². The molecule has 1 rings (SSSR count). The molecule has 8 heteroatoms. The predicted molar refractivity (Wildman–Crippen MR) is 50.3 cm³/mol. The van der Waals surface area contributed by atoms with Gasteiger partial charge in [-0.3, -0.25) is 0 Å². The number of nitriles is 1. The molecule has 0 bridgehead atoms. The number of carboxylic acid groups (broad SMARTS) is 1. The number of aliphatic carboxylic acids is 1. The lowest BCUT2D eigenvalue weighted by Gasteiger charge is -2.13. The molecule has 0 spiro atoms. The quantitative estimate of drug-likeness (QED) is 0.855. The summed E-state index contributed by atoms with van der Waals surface area (Å²) in [7, 11) is 0. The second-order valence-electron chi connectivity index (χ2n) is 3.10. The molecule has 1 unspecified atom stereocenters. The molecule has 0 saturated heterocycles. The molecule has 0 heterocycles. The van der Waals surface area contributed by atoms with Crippen LogP contribution in [0, 0.1) is 17.1 Å². The summed E-state index contributed by atoms with van der Waals surface area (Å²) in [6.07, 6.45) is -2.24. The van der Waals surface area contributed by atoms with E-state index in [1.54, 1.807) is 0 Å². The van der Waals surface area contributed by atoms with Gasteiger partial charge in [-0.05, 0) is 6.07 Å². The van der Waals surface area contributed by atoms with Crippen LogP contribution < -0.4 is 4.74 Å². The summed E-state index contributed by atoms with van der Waals surface area (Å²) in [6, 6.07) is 2.44. The largest absolute Gasteiger partial charge is 0.479 e. The normalized spacial score (nSPS) is 12.0. The Balaban J connectivity index is 3.34. The molecule has 2 N–H and O–H groups in total. The van der Waals surface area contributed by atoms with Crippen molar-refractivity contribution in [3.05, 3.63) is 29.1 Å². The molecule has 1 aromatic carbocycles. The molecule has 18 heavy (non-hydrogen) atoms. The number of alkyl halides is 2. The van der Waals surface area contributed by atoms with Gasteiger partial charge in [0.15, 0.2) is 6.10 Å². The fourth-order valence-corrected chi connectivity index (χ4v) is 1.20. The minimum Gasteiger partial charge on any atom is -0.479 e. The van der Waals surface area contributed by atoms with Crippen LogP contribution in [0.5, 0.6) is 5.75 Å². The van der Waals surface area contributed by atoms with Gasteiger partial charge in [0.25, 0.3) is 0 Å². The first-order valence-electron chi connectivity index (χ1n) is 4.46. The van der Waals surface area contributed by atoms with E-state index in [2.05, 4.69) is 4.74 Å². The molecular formula is C10H6F3NO4. The maximum absolute atomic E-state index is 13.2. The van der Waals surface area contributed by atoms with Crippen LogP contribution in [-0.4, -0.2) is 22.8 Å². The Kier molecular flexibility index (Phi) is 4.12. The first-order valence-corrected chi connectivity index (χ1v) is 4.46. The monoisotopic (exact) mass is 261 g/mol. The molecule has 0 aliphatic heterocycles. The van der Waals surface area contributed by atoms with Crippen molar-refractivity contribution in [3.8, 4) is 11.8 Å². The lowest BCUT2D eigenvalue weighted by Crippen LogP contribution is -2.14. The highest BCUT2D eigenvalue weighted by Gasteiger charge is 2.24. The number of ether oxygens (including phenoxy) is 1. The molecule has 0 aromatic heterocycles. The van der Waals surface area contributed by atoms with E-state index in [4.69, 9.17) is 10.4 Å². The lowest BCUT2D eigenvalue weighted by atomic mass is 10.1. The van der Waals surface area contributed by atoms with Crippen molar-refractivity contribution in [2.45, 2.75) is 12.7 Å². The van der Waals surface area contributed by atoms with Crippen LogP contribution in [-0.2, 0) is 4.79 Å². The van der Waals surface area contributed by atoms with E-state index >= 15 is 0 Å². The zero-order chi connectivity index (χ0) is 13.9. The van der Waals surface area contributed by atoms with E-state index in [1.807, 2.05) is 0 Å². The highest BCUT2D eigenvalue weighted by Crippen LogP contribution is 2.29. The van der Waals surface area contributed by atoms with Crippen LogP contribution in [0.4, 0.5) is 13.2 Å². The van der Waals surface area contributed by atoms with E-state index in [1.165, 1.54) is 6.07 Å². The van der Waals surface area contributed by atoms with Crippen LogP contribution in [0.2, 0.25) is 0 Å². The Hall–Kier alpha value is -2.27. The van der Waals surface area contributed by atoms with Crippen LogP contribution in [0.25, 0.3) is 0 Å². The van der Waals surface area contributed by atoms with Gasteiger partial charge in [-0.2, -0.15) is 14.0 Å². The maximum atomic E-state index is 13.2. The fraction of sp³-hybridized carbons (Fsp3) is 0.200. The fourth-order valence-electron chi connectivity index (χ4n) is 1.20. The average Bonchev–Trinajstić information content (AvgIpc) is 2.29. The summed E-state index contributed by atoms with van der Waals surface area (Å²) < 4.78 is 41.3. The number of rotatable bonds is 4. The standard InChI is InChI=1S/C10H6F3NO4/c11-6-2-5(8(15)9(16)17)7(18-10(12)13)1-4(6)3-14/h1-2,8,10,15H,(H,16,17). The predicted octanol–water partition coefficient (Wildman–Crippen LogP) is 1.42. The van der Waals surface area contributed by atoms with Crippen molar-refractivity contribution < 1.29 is 32.9 Å². The Bertz CT molecular complexity index is 513. The Morgan fingerprint density at radius 2 is 2.06 bits per heavy atom. The first-order chi connectivity index (χ1) is 8.36. The minimum absolute atomic E-state index is 0.467. The SMILES string of the molecule is N#Cc1cc(OC(F)F)c(C(O)C(=O)O)cc1F. The van der Waals surface area contributed by atoms with Gasteiger partial charge in [0.1, 0.15) is 17.6 Å². The zero-order valence-corrected chi connectivity index (χ0v) is 8.60. The first kappa shape index (κ1) is 13.8. The Morgan fingerprint density at radius 3 is 2.50 bits per heavy atom. The van der Waals surface area contributed by atoms with E-state index in [9.17, 15) is 23.1 Å². The van der Waals surface area contributed by atoms with Gasteiger partial charge in [-0.1, -0.05) is 0 Å². The van der Waals surface area contributed by atoms with Crippen LogP contribution >= 0.6 is 0 Å². The van der Waals surface area contributed by atoms with Crippen LogP contribution in [0.15, 0.2) is 12.1 Å². The number of halogens is 3. The van der Waals surface area contributed by atoms with Gasteiger partial charge in [-0.25, -0.2) is 9.18 Å². The van der Waals surface area contributed by atoms with Crippen molar-refractivity contribution >= 4 is 5.97 Å². The molecule has 1 atom stereocenters. The molecule has 0 amide bonds. The third-order valence-corrected chi connectivity index (χ3v) is 1.96. The van der Waals surface area contributed by atoms with Gasteiger partial charge in [0.05, 0.1) is 5.56 Å². The maximum Gasteiger partial charge on any atom is 0.387 e. The lowest BCUT2D eigenvalue weighted by molar-refractivity contribution is -0.147. The summed E-state index contributed by atoms with van der Waals surface area (Å²) in [5.41, 5.74) is -1.30. The molecule has 0 fully saturated rings. The van der Waals surface area contributed by atoms with Gasteiger partial charge in [-0.15, -0.1) is 0 Å². The molecule has 0 radical (unpaired) electrons. The molecule has 0 aliphatic rings. The van der Waals surface area contributed by atoms with Crippen molar-refractivity contribution in [1.82, 2.24) is 0 Å². The molecule has 5 nitrogen and oxygen atoms in total. The summed E-state index contributed by atoms with van der Waals surface area (Å²) in [5.74, 6) is -3.68. The molecule has 0 saturated carbocycles. The Labute approximate surface area is 98.6 Å². The summed E-state index contributed by atoms with van der Waals surface area (Å²) >= 11 is 0. The van der Waals surface area contributed by atoms with Crippen LogP contribution in [0.3, 0.4) is 0 Å². The highest BCUT2D eigenvalue weighted by atomic mass is 19.3. The summed E-state index contributed by atoms with van der Waals surface area (Å²) in [6.45, 7) is -3.30. The third kappa shape index (κ3) is 2.89. The number of hydrogen-bond acceptors (Lipinski definition) is 4. The van der Waals surface area contributed by atoms with Gasteiger partial charge < -0.3 is 14.9 Å². The van der Waals surface area contributed by atoms with Gasteiger partial charge in [0, 0.05) is 11.6 Å².